The highest BCUT2D eigenvalue weighted by atomic mass is 16.5. The number of hydrogen-bond donors (Lipinski definition) is 1. The van der Waals surface area contributed by atoms with Gasteiger partial charge in [-0.2, -0.15) is 0 Å². The van der Waals surface area contributed by atoms with Gasteiger partial charge in [-0.15, -0.1) is 0 Å². The molecule has 0 amide bonds. The number of rotatable bonds is 9. The Kier molecular flexibility index (Phi) is 7.76. The van der Waals surface area contributed by atoms with Crippen molar-refractivity contribution in [3.63, 3.8) is 0 Å². The molecule has 4 rings (SSSR count). The fourth-order valence-electron chi connectivity index (χ4n) is 4.84. The van der Waals surface area contributed by atoms with Crippen molar-refractivity contribution >= 4 is 0 Å². The normalized spacial score (nSPS) is 19.3. The Bertz CT molecular complexity index is 913. The lowest BCUT2D eigenvalue weighted by molar-refractivity contribution is 0.109. The highest BCUT2D eigenvalue weighted by Crippen LogP contribution is 2.32. The van der Waals surface area contributed by atoms with Gasteiger partial charge in [-0.25, -0.2) is 0 Å². The lowest BCUT2D eigenvalue weighted by Crippen LogP contribution is -2.48. The average molecular weight is 415 g/mol. The number of hydrogen-bond acceptors (Lipinski definition) is 3. The summed E-state index contributed by atoms with van der Waals surface area (Å²) in [4.78, 5) is 2.70. The molecule has 1 saturated heterocycles. The Morgan fingerprint density at radius 3 is 2.39 bits per heavy atom. The van der Waals surface area contributed by atoms with E-state index in [1.165, 1.54) is 42.5 Å². The van der Waals surface area contributed by atoms with E-state index in [1.54, 1.807) is 7.11 Å². The van der Waals surface area contributed by atoms with Crippen molar-refractivity contribution in [3.8, 4) is 5.75 Å². The summed E-state index contributed by atoms with van der Waals surface area (Å²) in [6.45, 7) is 3.12. The van der Waals surface area contributed by atoms with Gasteiger partial charge in [0.25, 0.3) is 0 Å². The van der Waals surface area contributed by atoms with Crippen LogP contribution in [0.2, 0.25) is 0 Å². The third-order valence-corrected chi connectivity index (χ3v) is 6.38. The zero-order chi connectivity index (χ0) is 21.3. The topological polar surface area (TPSA) is 24.5 Å². The molecule has 0 saturated carbocycles. The number of piperidine rings is 1. The van der Waals surface area contributed by atoms with Gasteiger partial charge in [-0.05, 0) is 56.0 Å². The zero-order valence-electron chi connectivity index (χ0n) is 18.5. The average Bonchev–Trinajstić information content (AvgIpc) is 2.84. The minimum atomic E-state index is 0.403. The smallest absolute Gasteiger partial charge is 0.123 e. The van der Waals surface area contributed by atoms with E-state index in [4.69, 9.17) is 4.74 Å². The number of nitrogens with zero attached hydrogens (tertiary/aromatic N) is 1. The zero-order valence-corrected chi connectivity index (χ0v) is 18.5. The second-order valence-electron chi connectivity index (χ2n) is 8.42. The molecule has 3 nitrogen and oxygen atoms in total. The molecule has 2 atom stereocenters. The van der Waals surface area contributed by atoms with Crippen molar-refractivity contribution in [3.05, 3.63) is 102 Å². The van der Waals surface area contributed by atoms with E-state index in [2.05, 4.69) is 83.0 Å². The fourth-order valence-corrected chi connectivity index (χ4v) is 4.84. The second kappa shape index (κ2) is 11.1. The lowest BCUT2D eigenvalue weighted by Gasteiger charge is -2.42. The van der Waals surface area contributed by atoms with E-state index < -0.39 is 0 Å². The molecule has 3 heteroatoms. The van der Waals surface area contributed by atoms with Crippen LogP contribution in [0.3, 0.4) is 0 Å². The number of ether oxygens (including phenoxy) is 1. The van der Waals surface area contributed by atoms with E-state index in [-0.39, 0.29) is 0 Å². The lowest BCUT2D eigenvalue weighted by atomic mass is 9.89. The number of para-hydroxylation sites is 1. The molecule has 1 N–H and O–H groups in total. The molecule has 0 bridgehead atoms. The van der Waals surface area contributed by atoms with Gasteiger partial charge in [0, 0.05) is 18.2 Å². The highest BCUT2D eigenvalue weighted by Gasteiger charge is 2.32. The van der Waals surface area contributed by atoms with Gasteiger partial charge in [0.05, 0.1) is 13.2 Å². The van der Waals surface area contributed by atoms with Crippen LogP contribution in [0.25, 0.3) is 0 Å². The number of benzene rings is 3. The van der Waals surface area contributed by atoms with Gasteiger partial charge in [-0.1, -0.05) is 78.9 Å². The van der Waals surface area contributed by atoms with E-state index in [0.717, 1.165) is 25.3 Å². The van der Waals surface area contributed by atoms with Crippen LogP contribution >= 0.6 is 0 Å². The third kappa shape index (κ3) is 5.75. The first-order valence-electron chi connectivity index (χ1n) is 11.5. The van der Waals surface area contributed by atoms with Crippen molar-refractivity contribution < 1.29 is 4.74 Å². The van der Waals surface area contributed by atoms with Crippen LogP contribution < -0.4 is 10.1 Å². The fraction of sp³-hybridized carbons (Fsp3) is 0.357. The van der Waals surface area contributed by atoms with Crippen LogP contribution in [-0.2, 0) is 13.0 Å². The van der Waals surface area contributed by atoms with Crippen LogP contribution in [0, 0.1) is 0 Å². The number of likely N-dealkylation sites (tertiary alicyclic amines) is 1. The van der Waals surface area contributed by atoms with Crippen LogP contribution in [0.15, 0.2) is 84.9 Å². The molecule has 0 unspecified atom stereocenters. The first-order chi connectivity index (χ1) is 15.3. The summed E-state index contributed by atoms with van der Waals surface area (Å²) in [7, 11) is 1.75. The maximum atomic E-state index is 5.56. The quantitative estimate of drug-likeness (QED) is 0.492. The van der Waals surface area contributed by atoms with Crippen molar-refractivity contribution in [1.29, 1.82) is 0 Å². The van der Waals surface area contributed by atoms with E-state index in [0.29, 0.717) is 12.1 Å². The largest absolute Gasteiger partial charge is 0.496 e. The summed E-state index contributed by atoms with van der Waals surface area (Å²) < 4.78 is 5.56. The van der Waals surface area contributed by atoms with Crippen molar-refractivity contribution in [2.75, 3.05) is 20.2 Å². The molecule has 1 fully saturated rings. The molecule has 0 radical (unpaired) electrons. The molecule has 1 aliphatic rings. The number of methoxy groups -OCH3 is 1. The first kappa shape index (κ1) is 21.6. The minimum absolute atomic E-state index is 0.403. The molecule has 3 aromatic rings. The molecule has 162 valence electrons. The predicted molar refractivity (Wildman–Crippen MR) is 128 cm³/mol. The Labute approximate surface area is 187 Å². The van der Waals surface area contributed by atoms with Crippen molar-refractivity contribution in [2.24, 2.45) is 0 Å². The highest BCUT2D eigenvalue weighted by molar-refractivity contribution is 5.33. The molecule has 1 aliphatic heterocycles. The summed E-state index contributed by atoms with van der Waals surface area (Å²) in [6.07, 6.45) is 4.76. The Morgan fingerprint density at radius 2 is 1.61 bits per heavy atom. The van der Waals surface area contributed by atoms with E-state index in [1.807, 2.05) is 12.1 Å². The van der Waals surface area contributed by atoms with Gasteiger partial charge in [0.15, 0.2) is 0 Å². The maximum absolute atomic E-state index is 5.56. The summed E-state index contributed by atoms with van der Waals surface area (Å²) >= 11 is 0. The predicted octanol–water partition coefficient (Wildman–Crippen LogP) is 5.62. The van der Waals surface area contributed by atoms with Gasteiger partial charge < -0.3 is 10.1 Å². The van der Waals surface area contributed by atoms with Crippen LogP contribution in [-0.4, -0.2) is 31.1 Å². The summed E-state index contributed by atoms with van der Waals surface area (Å²) in [5, 5.41) is 3.88. The number of aryl methyl sites for hydroxylation is 1. The van der Waals surface area contributed by atoms with E-state index >= 15 is 0 Å². The van der Waals surface area contributed by atoms with Gasteiger partial charge in [0.1, 0.15) is 5.75 Å². The number of nitrogens with one attached hydrogen (secondary N) is 1. The maximum Gasteiger partial charge on any atom is 0.123 e. The van der Waals surface area contributed by atoms with Gasteiger partial charge in [-0.3, -0.25) is 4.90 Å². The summed E-state index contributed by atoms with van der Waals surface area (Å²) in [5.41, 5.74) is 4.07. The van der Waals surface area contributed by atoms with Gasteiger partial charge >= 0.3 is 0 Å². The second-order valence-corrected chi connectivity index (χ2v) is 8.42. The molecular formula is C28H34N2O. The molecule has 1 heterocycles. The van der Waals surface area contributed by atoms with Crippen LogP contribution in [0.4, 0.5) is 0 Å². The van der Waals surface area contributed by atoms with E-state index in [9.17, 15) is 0 Å². The van der Waals surface area contributed by atoms with Crippen LogP contribution in [0.5, 0.6) is 5.75 Å². The Hall–Kier alpha value is -2.62. The SMILES string of the molecule is COc1ccccc1CN[C@@H]1CCCN(CCCc2ccccc2)[C@@H]1c1ccccc1. The van der Waals surface area contributed by atoms with Crippen molar-refractivity contribution in [2.45, 2.75) is 44.3 Å². The molecular weight excluding hydrogens is 380 g/mol. The van der Waals surface area contributed by atoms with Gasteiger partial charge in [0.2, 0.25) is 0 Å². The molecule has 0 spiro atoms. The monoisotopic (exact) mass is 414 g/mol. The molecule has 31 heavy (non-hydrogen) atoms. The Morgan fingerprint density at radius 1 is 0.903 bits per heavy atom. The third-order valence-electron chi connectivity index (χ3n) is 6.38. The summed E-state index contributed by atoms with van der Waals surface area (Å²) in [5.74, 6) is 0.960. The summed E-state index contributed by atoms with van der Waals surface area (Å²) in [6, 6.07) is 31.0. The Balaban J connectivity index is 1.46. The molecule has 0 aromatic heterocycles. The standard InChI is InChI=1S/C28H34N2O/c1-31-27-19-9-8-17-25(27)22-29-26-18-11-21-30(28(26)24-15-6-3-7-16-24)20-10-14-23-12-4-2-5-13-23/h2-9,12-13,15-17,19,26,28-29H,10-11,14,18,20-22H2,1H3/t26-,28-/m1/s1. The van der Waals surface area contributed by atoms with Crippen molar-refractivity contribution in [1.82, 2.24) is 10.2 Å². The first-order valence-corrected chi connectivity index (χ1v) is 11.5. The molecule has 0 aliphatic carbocycles. The van der Waals surface area contributed by atoms with Crippen LogP contribution in [0.1, 0.15) is 42.0 Å². The minimum Gasteiger partial charge on any atom is -0.496 e. The molecule has 3 aromatic carbocycles.